The molecule has 3 heteroatoms. The molecule has 0 N–H and O–H groups in total. The number of fused-ring (bicyclic) bond motifs is 1. The molecule has 1 aliphatic heterocycles. The van der Waals surface area contributed by atoms with Gasteiger partial charge in [-0.3, -0.25) is 9.98 Å². The van der Waals surface area contributed by atoms with Gasteiger partial charge in [0.2, 0.25) is 0 Å². The number of rotatable bonds is 0. The van der Waals surface area contributed by atoms with E-state index >= 15 is 0 Å². The molecule has 0 amide bonds. The molecule has 1 aliphatic rings. The Hall–Kier alpha value is -1.90. The lowest BCUT2D eigenvalue weighted by Crippen LogP contribution is -1.94. The fourth-order valence-electron chi connectivity index (χ4n) is 1.17. The molecule has 0 atom stereocenters. The van der Waals surface area contributed by atoms with Crippen molar-refractivity contribution in [2.75, 3.05) is 0 Å². The normalized spacial score (nSPS) is 19.6. The highest BCUT2D eigenvalue weighted by atomic mass is 16.5. The fraction of sp³-hybridized carbons (Fsp3) is 0.0909. The predicted octanol–water partition coefficient (Wildman–Crippen LogP) is 2.11. The van der Waals surface area contributed by atoms with Gasteiger partial charge < -0.3 is 4.74 Å². The fourth-order valence-corrected chi connectivity index (χ4v) is 1.17. The van der Waals surface area contributed by atoms with Gasteiger partial charge in [-0.25, -0.2) is 0 Å². The summed E-state index contributed by atoms with van der Waals surface area (Å²) >= 11 is 0. The Morgan fingerprint density at radius 3 is 3.29 bits per heavy atom. The number of aliphatic imine (C=N–C) groups is 1. The van der Waals surface area contributed by atoms with Crippen molar-refractivity contribution in [3.05, 3.63) is 48.5 Å². The van der Waals surface area contributed by atoms with E-state index in [2.05, 4.69) is 16.6 Å². The van der Waals surface area contributed by atoms with Crippen molar-refractivity contribution in [1.82, 2.24) is 4.98 Å². The molecule has 70 valence electrons. The van der Waals surface area contributed by atoms with Gasteiger partial charge in [-0.2, -0.15) is 0 Å². The highest BCUT2D eigenvalue weighted by Crippen LogP contribution is 2.20. The van der Waals surface area contributed by atoms with Gasteiger partial charge in [-0.15, -0.1) is 0 Å². The van der Waals surface area contributed by atoms with E-state index in [1.807, 2.05) is 12.1 Å². The van der Waals surface area contributed by atoms with Gasteiger partial charge in [0.15, 0.2) is 0 Å². The summed E-state index contributed by atoms with van der Waals surface area (Å²) in [5.41, 5.74) is 0.966. The van der Waals surface area contributed by atoms with Crippen molar-refractivity contribution < 1.29 is 4.74 Å². The van der Waals surface area contributed by atoms with Crippen LogP contribution in [0.15, 0.2) is 47.9 Å². The summed E-state index contributed by atoms with van der Waals surface area (Å²) in [6.45, 7) is 4.35. The third kappa shape index (κ3) is 1.88. The quantitative estimate of drug-likeness (QED) is 0.622. The third-order valence-corrected chi connectivity index (χ3v) is 1.84. The lowest BCUT2D eigenvalue weighted by atomic mass is 10.2. The van der Waals surface area contributed by atoms with E-state index in [0.29, 0.717) is 12.3 Å². The Labute approximate surface area is 82.5 Å². The first-order valence-electron chi connectivity index (χ1n) is 4.32. The minimum absolute atomic E-state index is 0.584. The van der Waals surface area contributed by atoms with E-state index in [1.54, 1.807) is 24.7 Å². The van der Waals surface area contributed by atoms with E-state index in [-0.39, 0.29) is 0 Å². The standard InChI is InChI=1S/C11H10N2O/c1-9-3-2-5-12-7-10-8-13-6-4-11(10)14-9/h2-6,8H,1,7H2/b3-2-,12-5-. The minimum atomic E-state index is 0.584. The van der Waals surface area contributed by atoms with Crippen LogP contribution in [-0.2, 0) is 6.54 Å². The summed E-state index contributed by atoms with van der Waals surface area (Å²) in [6, 6.07) is 1.81. The van der Waals surface area contributed by atoms with Crippen LogP contribution in [0, 0.1) is 0 Å². The summed E-state index contributed by atoms with van der Waals surface area (Å²) < 4.78 is 5.52. The first-order valence-corrected chi connectivity index (χ1v) is 4.32. The Balaban J connectivity index is 2.39. The monoisotopic (exact) mass is 186 g/mol. The molecule has 1 aromatic heterocycles. The molecule has 0 bridgehead atoms. The van der Waals surface area contributed by atoms with Crippen LogP contribution in [0.2, 0.25) is 0 Å². The predicted molar refractivity (Wildman–Crippen MR) is 55.3 cm³/mol. The topological polar surface area (TPSA) is 34.5 Å². The Morgan fingerprint density at radius 2 is 2.36 bits per heavy atom. The summed E-state index contributed by atoms with van der Waals surface area (Å²) in [5.74, 6) is 1.37. The second-order valence-electron chi connectivity index (χ2n) is 2.90. The molecule has 0 unspecified atom stereocenters. The second kappa shape index (κ2) is 3.87. The molecule has 0 radical (unpaired) electrons. The molecule has 0 saturated carbocycles. The molecule has 2 heterocycles. The first-order chi connectivity index (χ1) is 6.86. The van der Waals surface area contributed by atoms with Crippen molar-refractivity contribution in [3.63, 3.8) is 0 Å². The summed E-state index contributed by atoms with van der Waals surface area (Å²) in [6.07, 6.45) is 8.76. The second-order valence-corrected chi connectivity index (χ2v) is 2.90. The number of aromatic nitrogens is 1. The largest absolute Gasteiger partial charge is 0.458 e. The van der Waals surface area contributed by atoms with E-state index in [0.717, 1.165) is 11.3 Å². The molecule has 0 fully saturated rings. The average Bonchev–Trinajstić information content (AvgIpc) is 2.27. The number of nitrogens with zero attached hydrogens (tertiary/aromatic N) is 2. The van der Waals surface area contributed by atoms with E-state index in [1.165, 1.54) is 0 Å². The van der Waals surface area contributed by atoms with E-state index < -0.39 is 0 Å². The molecule has 0 aromatic carbocycles. The zero-order valence-electron chi connectivity index (χ0n) is 7.68. The third-order valence-electron chi connectivity index (χ3n) is 1.84. The molecular weight excluding hydrogens is 176 g/mol. The van der Waals surface area contributed by atoms with Crippen LogP contribution in [0.25, 0.3) is 0 Å². The van der Waals surface area contributed by atoms with E-state index in [4.69, 9.17) is 4.74 Å². The van der Waals surface area contributed by atoms with Crippen molar-refractivity contribution >= 4 is 6.21 Å². The number of ether oxygens (including phenoxy) is 1. The lowest BCUT2D eigenvalue weighted by Gasteiger charge is -2.07. The van der Waals surface area contributed by atoms with Crippen LogP contribution in [0.1, 0.15) is 5.56 Å². The molecule has 1 aromatic rings. The van der Waals surface area contributed by atoms with Crippen molar-refractivity contribution in [3.8, 4) is 5.75 Å². The van der Waals surface area contributed by atoms with E-state index in [9.17, 15) is 0 Å². The molecular formula is C11H10N2O. The smallest absolute Gasteiger partial charge is 0.135 e. The molecule has 3 nitrogen and oxygen atoms in total. The summed E-state index contributed by atoms with van der Waals surface area (Å²) in [5, 5.41) is 0. The van der Waals surface area contributed by atoms with Crippen molar-refractivity contribution in [2.45, 2.75) is 6.54 Å². The Bertz CT molecular complexity index is 408. The average molecular weight is 186 g/mol. The van der Waals surface area contributed by atoms with Crippen molar-refractivity contribution in [2.24, 2.45) is 4.99 Å². The maximum Gasteiger partial charge on any atom is 0.135 e. The number of hydrogen-bond acceptors (Lipinski definition) is 3. The molecule has 0 saturated heterocycles. The van der Waals surface area contributed by atoms with Crippen LogP contribution in [0.4, 0.5) is 0 Å². The van der Waals surface area contributed by atoms with Gasteiger partial charge in [0.1, 0.15) is 11.5 Å². The molecule has 0 spiro atoms. The number of pyridine rings is 1. The highest BCUT2D eigenvalue weighted by molar-refractivity contribution is 5.72. The van der Waals surface area contributed by atoms with Gasteiger partial charge in [0.05, 0.1) is 6.54 Å². The van der Waals surface area contributed by atoms with Gasteiger partial charge in [0, 0.05) is 24.2 Å². The zero-order valence-corrected chi connectivity index (χ0v) is 7.68. The highest BCUT2D eigenvalue weighted by Gasteiger charge is 2.04. The summed E-state index contributed by atoms with van der Waals surface area (Å²) in [7, 11) is 0. The Morgan fingerprint density at radius 1 is 1.43 bits per heavy atom. The lowest BCUT2D eigenvalue weighted by molar-refractivity contribution is 0.441. The van der Waals surface area contributed by atoms with Crippen LogP contribution < -0.4 is 4.74 Å². The van der Waals surface area contributed by atoms with Crippen LogP contribution >= 0.6 is 0 Å². The zero-order chi connectivity index (χ0) is 9.80. The first kappa shape index (κ1) is 8.69. The number of hydrogen-bond donors (Lipinski definition) is 0. The van der Waals surface area contributed by atoms with Gasteiger partial charge in [-0.05, 0) is 18.2 Å². The maximum atomic E-state index is 5.52. The Kier molecular flexibility index (Phi) is 2.40. The van der Waals surface area contributed by atoms with Crippen LogP contribution in [0.3, 0.4) is 0 Å². The van der Waals surface area contributed by atoms with Crippen LogP contribution in [-0.4, -0.2) is 11.2 Å². The number of allylic oxidation sites excluding steroid dienone is 2. The SMILES string of the molecule is C=C1/C=C\C=N/Cc2cnccc2O1. The van der Waals surface area contributed by atoms with Crippen LogP contribution in [0.5, 0.6) is 5.75 Å². The molecule has 2 rings (SSSR count). The van der Waals surface area contributed by atoms with Crippen molar-refractivity contribution in [1.29, 1.82) is 0 Å². The summed E-state index contributed by atoms with van der Waals surface area (Å²) in [4.78, 5) is 8.22. The van der Waals surface area contributed by atoms with Gasteiger partial charge >= 0.3 is 0 Å². The van der Waals surface area contributed by atoms with Gasteiger partial charge in [0.25, 0.3) is 0 Å². The molecule has 14 heavy (non-hydrogen) atoms. The minimum Gasteiger partial charge on any atom is -0.458 e. The van der Waals surface area contributed by atoms with Gasteiger partial charge in [-0.1, -0.05) is 6.58 Å². The maximum absolute atomic E-state index is 5.52. The molecule has 0 aliphatic carbocycles.